The van der Waals surface area contributed by atoms with Crippen molar-refractivity contribution in [3.05, 3.63) is 54.2 Å². The molecule has 2 heterocycles. The SMILES string of the molecule is C[C@@H](C(=O)OCc1cc(-c2ccccc2)on1)N1C(=O)[C@H]2CC=CC[C@H]2C1=O. The molecular weight excluding hydrogens is 360 g/mol. The Morgan fingerprint density at radius 3 is 2.46 bits per heavy atom. The maximum atomic E-state index is 12.6. The second-order valence-corrected chi connectivity index (χ2v) is 7.03. The van der Waals surface area contributed by atoms with E-state index in [9.17, 15) is 14.4 Å². The summed E-state index contributed by atoms with van der Waals surface area (Å²) in [7, 11) is 0. The molecule has 0 unspecified atom stereocenters. The Bertz CT molecular complexity index is 907. The molecule has 1 aromatic heterocycles. The average Bonchev–Trinajstić information content (AvgIpc) is 3.30. The number of fused-ring (bicyclic) bond motifs is 1. The molecule has 144 valence electrons. The lowest BCUT2D eigenvalue weighted by molar-refractivity contribution is -0.159. The van der Waals surface area contributed by atoms with Crippen LogP contribution in [0.15, 0.2) is 53.1 Å². The molecule has 7 nitrogen and oxygen atoms in total. The van der Waals surface area contributed by atoms with Gasteiger partial charge in [-0.2, -0.15) is 0 Å². The number of rotatable bonds is 5. The molecular formula is C21H20N2O5. The molecule has 0 N–H and O–H groups in total. The summed E-state index contributed by atoms with van der Waals surface area (Å²) in [6.45, 7) is 1.42. The van der Waals surface area contributed by atoms with E-state index in [1.807, 2.05) is 42.5 Å². The van der Waals surface area contributed by atoms with Gasteiger partial charge in [-0.25, -0.2) is 4.79 Å². The lowest BCUT2D eigenvalue weighted by Crippen LogP contribution is -2.44. The van der Waals surface area contributed by atoms with Crippen LogP contribution in [0.1, 0.15) is 25.5 Å². The maximum Gasteiger partial charge on any atom is 0.329 e. The first-order valence-corrected chi connectivity index (χ1v) is 9.26. The molecule has 2 amide bonds. The van der Waals surface area contributed by atoms with Crippen molar-refractivity contribution in [2.45, 2.75) is 32.4 Å². The third kappa shape index (κ3) is 3.24. The second-order valence-electron chi connectivity index (χ2n) is 7.03. The topological polar surface area (TPSA) is 89.7 Å². The molecule has 1 saturated heterocycles. The summed E-state index contributed by atoms with van der Waals surface area (Å²) in [6.07, 6.45) is 4.89. The van der Waals surface area contributed by atoms with Crippen molar-refractivity contribution in [3.8, 4) is 11.3 Å². The van der Waals surface area contributed by atoms with Gasteiger partial charge in [-0.3, -0.25) is 14.5 Å². The van der Waals surface area contributed by atoms with Gasteiger partial charge in [0.25, 0.3) is 0 Å². The molecule has 28 heavy (non-hydrogen) atoms. The fourth-order valence-electron chi connectivity index (χ4n) is 3.70. The number of benzene rings is 1. The lowest BCUT2D eigenvalue weighted by atomic mass is 9.85. The molecule has 0 radical (unpaired) electrons. The van der Waals surface area contributed by atoms with Crippen LogP contribution < -0.4 is 0 Å². The highest BCUT2D eigenvalue weighted by Crippen LogP contribution is 2.36. The number of likely N-dealkylation sites (tertiary alicyclic amines) is 1. The van der Waals surface area contributed by atoms with Crippen LogP contribution in [0.3, 0.4) is 0 Å². The van der Waals surface area contributed by atoms with Gasteiger partial charge >= 0.3 is 5.97 Å². The number of imide groups is 1. The van der Waals surface area contributed by atoms with Gasteiger partial charge in [0, 0.05) is 11.6 Å². The zero-order valence-electron chi connectivity index (χ0n) is 15.4. The third-order valence-electron chi connectivity index (χ3n) is 5.25. The first-order valence-electron chi connectivity index (χ1n) is 9.26. The van der Waals surface area contributed by atoms with Crippen LogP contribution in [0.5, 0.6) is 0 Å². The first-order chi connectivity index (χ1) is 13.6. The van der Waals surface area contributed by atoms with Gasteiger partial charge < -0.3 is 9.26 Å². The highest BCUT2D eigenvalue weighted by atomic mass is 16.5. The van der Waals surface area contributed by atoms with Crippen LogP contribution in [0, 0.1) is 11.8 Å². The van der Waals surface area contributed by atoms with Crippen molar-refractivity contribution in [2.75, 3.05) is 0 Å². The van der Waals surface area contributed by atoms with Crippen LogP contribution in [-0.2, 0) is 25.7 Å². The minimum Gasteiger partial charge on any atom is -0.458 e. The quantitative estimate of drug-likeness (QED) is 0.450. The number of aromatic nitrogens is 1. The van der Waals surface area contributed by atoms with Crippen molar-refractivity contribution in [2.24, 2.45) is 11.8 Å². The predicted octanol–water partition coefficient (Wildman–Crippen LogP) is 2.72. The molecule has 2 aromatic rings. The maximum absolute atomic E-state index is 12.6. The van der Waals surface area contributed by atoms with E-state index in [2.05, 4.69) is 5.16 Å². The summed E-state index contributed by atoms with van der Waals surface area (Å²) in [5, 5.41) is 3.90. The van der Waals surface area contributed by atoms with Crippen molar-refractivity contribution >= 4 is 17.8 Å². The number of allylic oxidation sites excluding steroid dienone is 2. The monoisotopic (exact) mass is 380 g/mol. The highest BCUT2D eigenvalue weighted by molar-refractivity contribution is 6.08. The first kappa shape index (κ1) is 18.2. The largest absolute Gasteiger partial charge is 0.458 e. The van der Waals surface area contributed by atoms with Gasteiger partial charge in [-0.05, 0) is 19.8 Å². The summed E-state index contributed by atoms with van der Waals surface area (Å²) in [4.78, 5) is 38.6. The number of esters is 1. The molecule has 4 rings (SSSR count). The normalized spacial score (nSPS) is 22.2. The zero-order chi connectivity index (χ0) is 19.7. The lowest BCUT2D eigenvalue weighted by Gasteiger charge is -2.21. The van der Waals surface area contributed by atoms with E-state index in [1.165, 1.54) is 6.92 Å². The van der Waals surface area contributed by atoms with Gasteiger partial charge in [0.1, 0.15) is 18.3 Å². The molecule has 3 atom stereocenters. The number of nitrogens with zero attached hydrogens (tertiary/aromatic N) is 2. The summed E-state index contributed by atoms with van der Waals surface area (Å²) in [5.74, 6) is -1.39. The Kier molecular flexibility index (Phi) is 4.81. The van der Waals surface area contributed by atoms with Gasteiger partial charge in [-0.15, -0.1) is 0 Å². The van der Waals surface area contributed by atoms with Crippen LogP contribution in [0.2, 0.25) is 0 Å². The standard InChI is InChI=1S/C21H20N2O5/c1-13(23-19(24)16-9-5-6-10-17(16)20(23)25)21(26)27-12-15-11-18(28-22-15)14-7-3-2-4-8-14/h2-8,11,13,16-17H,9-10,12H2,1H3/t13-,16-,17+/m0/s1. The van der Waals surface area contributed by atoms with Crippen molar-refractivity contribution in [3.63, 3.8) is 0 Å². The highest BCUT2D eigenvalue weighted by Gasteiger charge is 2.50. The van der Waals surface area contributed by atoms with Crippen LogP contribution in [-0.4, -0.2) is 33.9 Å². The Morgan fingerprint density at radius 1 is 1.18 bits per heavy atom. The zero-order valence-corrected chi connectivity index (χ0v) is 15.4. The van der Waals surface area contributed by atoms with E-state index in [0.29, 0.717) is 24.3 Å². The molecule has 1 aliphatic heterocycles. The number of hydrogen-bond acceptors (Lipinski definition) is 6. The molecule has 0 bridgehead atoms. The third-order valence-corrected chi connectivity index (χ3v) is 5.25. The number of carbonyl (C=O) groups is 3. The number of amides is 2. The summed E-state index contributed by atoms with van der Waals surface area (Å²) < 4.78 is 10.6. The van der Waals surface area contributed by atoms with Crippen LogP contribution >= 0.6 is 0 Å². The van der Waals surface area contributed by atoms with E-state index in [1.54, 1.807) is 6.07 Å². The van der Waals surface area contributed by atoms with E-state index in [4.69, 9.17) is 9.26 Å². The van der Waals surface area contributed by atoms with E-state index in [-0.39, 0.29) is 30.3 Å². The Balaban J connectivity index is 1.38. The van der Waals surface area contributed by atoms with Crippen molar-refractivity contribution < 1.29 is 23.6 Å². The van der Waals surface area contributed by atoms with Crippen molar-refractivity contribution in [1.82, 2.24) is 10.1 Å². The fourth-order valence-corrected chi connectivity index (χ4v) is 3.70. The molecule has 0 spiro atoms. The van der Waals surface area contributed by atoms with Crippen LogP contribution in [0.4, 0.5) is 0 Å². The van der Waals surface area contributed by atoms with E-state index in [0.717, 1.165) is 10.5 Å². The molecule has 1 aromatic carbocycles. The average molecular weight is 380 g/mol. The van der Waals surface area contributed by atoms with E-state index < -0.39 is 12.0 Å². The van der Waals surface area contributed by atoms with Crippen molar-refractivity contribution in [1.29, 1.82) is 0 Å². The Hall–Kier alpha value is -3.22. The molecule has 7 heteroatoms. The molecule has 1 fully saturated rings. The Morgan fingerprint density at radius 2 is 1.82 bits per heavy atom. The summed E-state index contributed by atoms with van der Waals surface area (Å²) in [5.41, 5.74) is 1.32. The molecule has 1 aliphatic carbocycles. The van der Waals surface area contributed by atoms with Gasteiger partial charge in [0.2, 0.25) is 11.8 Å². The number of carbonyl (C=O) groups excluding carboxylic acids is 3. The number of ether oxygens (including phenoxy) is 1. The molecule has 0 saturated carbocycles. The molecule has 2 aliphatic rings. The Labute approximate surface area is 161 Å². The minimum atomic E-state index is -0.967. The smallest absolute Gasteiger partial charge is 0.329 e. The van der Waals surface area contributed by atoms with Gasteiger partial charge in [0.15, 0.2) is 5.76 Å². The second kappa shape index (κ2) is 7.42. The van der Waals surface area contributed by atoms with E-state index >= 15 is 0 Å². The van der Waals surface area contributed by atoms with Crippen LogP contribution in [0.25, 0.3) is 11.3 Å². The van der Waals surface area contributed by atoms with Gasteiger partial charge in [-0.1, -0.05) is 47.6 Å². The summed E-state index contributed by atoms with van der Waals surface area (Å²) in [6, 6.07) is 10.2. The predicted molar refractivity (Wildman–Crippen MR) is 98.4 cm³/mol. The minimum absolute atomic E-state index is 0.0931. The van der Waals surface area contributed by atoms with Gasteiger partial charge in [0.05, 0.1) is 11.8 Å². The fraction of sp³-hybridized carbons (Fsp3) is 0.333. The summed E-state index contributed by atoms with van der Waals surface area (Å²) >= 11 is 0. The number of hydrogen-bond donors (Lipinski definition) is 0.